The highest BCUT2D eigenvalue weighted by molar-refractivity contribution is 6.77. The summed E-state index contributed by atoms with van der Waals surface area (Å²) in [5.74, 6) is 0. The molecule has 136 valence electrons. The molecule has 0 aliphatic carbocycles. The summed E-state index contributed by atoms with van der Waals surface area (Å²) in [7, 11) is 0.387. The molecule has 0 saturated heterocycles. The Bertz CT molecular complexity index is 521. The summed E-state index contributed by atoms with van der Waals surface area (Å²) in [5.41, 5.74) is 5.86. The Balaban J connectivity index is 2.17. The molecule has 1 aliphatic heterocycles. The fourth-order valence-corrected chi connectivity index (χ4v) is 9.89. The second kappa shape index (κ2) is 8.02. The van der Waals surface area contributed by atoms with Crippen molar-refractivity contribution >= 4 is 14.0 Å². The zero-order valence-electron chi connectivity index (χ0n) is 16.6. The summed E-state index contributed by atoms with van der Waals surface area (Å²) < 4.78 is 6.74. The highest BCUT2D eigenvalue weighted by Gasteiger charge is 2.44. The molecule has 1 aromatic carbocycles. The monoisotopic (exact) mass is 348 g/mol. The number of anilines is 1. The zero-order valence-corrected chi connectivity index (χ0v) is 17.6. The Kier molecular flexibility index (Phi) is 6.51. The molecule has 0 spiro atoms. The molecule has 1 aliphatic rings. The van der Waals surface area contributed by atoms with Gasteiger partial charge in [0.15, 0.2) is 0 Å². The van der Waals surface area contributed by atoms with Gasteiger partial charge in [-0.15, -0.1) is 0 Å². The van der Waals surface area contributed by atoms with Crippen molar-refractivity contribution in [3.05, 3.63) is 29.3 Å². The Labute approximate surface area is 149 Å². The first-order valence-electron chi connectivity index (χ1n) is 9.45. The van der Waals surface area contributed by atoms with Crippen LogP contribution in [0.5, 0.6) is 0 Å². The van der Waals surface area contributed by atoms with Crippen LogP contribution in [0.3, 0.4) is 0 Å². The van der Waals surface area contributed by atoms with Crippen LogP contribution >= 0.6 is 0 Å². The van der Waals surface area contributed by atoms with Crippen molar-refractivity contribution in [1.82, 2.24) is 4.90 Å². The second-order valence-corrected chi connectivity index (χ2v) is 13.7. The summed E-state index contributed by atoms with van der Waals surface area (Å²) in [5, 5.41) is 3.58. The fraction of sp³-hybridized carbons (Fsp3) is 0.700. The van der Waals surface area contributed by atoms with Crippen molar-refractivity contribution in [2.45, 2.75) is 71.3 Å². The Morgan fingerprint density at radius 1 is 1.08 bits per heavy atom. The first kappa shape index (κ1) is 19.5. The topological polar surface area (TPSA) is 24.5 Å². The van der Waals surface area contributed by atoms with Crippen LogP contribution in [0, 0.1) is 0 Å². The number of hydrogen-bond acceptors (Lipinski definition) is 3. The van der Waals surface area contributed by atoms with E-state index >= 15 is 0 Å². The third-order valence-electron chi connectivity index (χ3n) is 5.62. The smallest absolute Gasteiger partial charge is 0.200 e. The average Bonchev–Trinajstić information content (AvgIpc) is 2.67. The zero-order chi connectivity index (χ0) is 17.9. The molecule has 0 atom stereocenters. The molecule has 1 heterocycles. The van der Waals surface area contributed by atoms with Crippen LogP contribution in [0.2, 0.25) is 16.6 Å². The van der Waals surface area contributed by atoms with Gasteiger partial charge in [-0.1, -0.05) is 53.7 Å². The summed E-state index contributed by atoms with van der Waals surface area (Å²) in [4.78, 5) is 2.36. The molecule has 0 radical (unpaired) electrons. The van der Waals surface area contributed by atoms with E-state index < -0.39 is 8.32 Å². The van der Waals surface area contributed by atoms with Crippen LogP contribution in [0.1, 0.15) is 52.7 Å². The molecule has 0 bridgehead atoms. The van der Waals surface area contributed by atoms with E-state index in [1.807, 2.05) is 0 Å². The van der Waals surface area contributed by atoms with Crippen molar-refractivity contribution in [3.63, 3.8) is 0 Å². The van der Waals surface area contributed by atoms with Crippen LogP contribution in [0.4, 0.5) is 5.69 Å². The largest absolute Gasteiger partial charge is 0.412 e. The number of nitrogens with zero attached hydrogens (tertiary/aromatic N) is 1. The van der Waals surface area contributed by atoms with Gasteiger partial charge in [-0.3, -0.25) is 0 Å². The van der Waals surface area contributed by atoms with Gasteiger partial charge in [0, 0.05) is 25.3 Å². The normalized spacial score (nSPS) is 16.4. The lowest BCUT2D eigenvalue weighted by Gasteiger charge is -2.42. The van der Waals surface area contributed by atoms with E-state index in [1.165, 1.54) is 16.8 Å². The highest BCUT2D eigenvalue weighted by Crippen LogP contribution is 2.42. The Hall–Kier alpha value is -0.843. The maximum Gasteiger partial charge on any atom is 0.200 e. The van der Waals surface area contributed by atoms with E-state index in [0.29, 0.717) is 16.6 Å². The van der Waals surface area contributed by atoms with Gasteiger partial charge in [0.2, 0.25) is 8.32 Å². The van der Waals surface area contributed by atoms with Crippen molar-refractivity contribution in [1.29, 1.82) is 0 Å². The molecule has 3 nitrogen and oxygen atoms in total. The highest BCUT2D eigenvalue weighted by atomic mass is 28.4. The molecule has 0 aromatic heterocycles. The van der Waals surface area contributed by atoms with Crippen LogP contribution in [0.15, 0.2) is 18.2 Å². The predicted octanol–water partition coefficient (Wildman–Crippen LogP) is 5.24. The summed E-state index contributed by atoms with van der Waals surface area (Å²) in [6.45, 7) is 17.9. The van der Waals surface area contributed by atoms with E-state index in [2.05, 4.69) is 77.0 Å². The van der Waals surface area contributed by atoms with Crippen molar-refractivity contribution in [2.75, 3.05) is 25.5 Å². The number of rotatable bonds is 6. The minimum Gasteiger partial charge on any atom is -0.412 e. The summed E-state index contributed by atoms with van der Waals surface area (Å²) in [6.07, 6.45) is 0. The molecule has 2 rings (SSSR count). The van der Waals surface area contributed by atoms with Crippen molar-refractivity contribution < 1.29 is 4.43 Å². The molecular weight excluding hydrogens is 312 g/mol. The maximum absolute atomic E-state index is 6.74. The van der Waals surface area contributed by atoms with Gasteiger partial charge in [0.05, 0.1) is 6.61 Å². The van der Waals surface area contributed by atoms with E-state index in [9.17, 15) is 0 Å². The van der Waals surface area contributed by atoms with Crippen LogP contribution in [0.25, 0.3) is 0 Å². The lowest BCUT2D eigenvalue weighted by molar-refractivity contribution is 0.266. The third kappa shape index (κ3) is 4.03. The lowest BCUT2D eigenvalue weighted by atomic mass is 10.1. The van der Waals surface area contributed by atoms with Crippen molar-refractivity contribution in [2.24, 2.45) is 0 Å². The van der Waals surface area contributed by atoms with Crippen molar-refractivity contribution in [3.8, 4) is 0 Å². The third-order valence-corrected chi connectivity index (χ3v) is 11.7. The molecule has 1 aromatic rings. The summed E-state index contributed by atoms with van der Waals surface area (Å²) >= 11 is 0. The lowest BCUT2D eigenvalue weighted by Crippen LogP contribution is -2.47. The van der Waals surface area contributed by atoms with Gasteiger partial charge in [0.25, 0.3) is 0 Å². The molecule has 0 unspecified atom stereocenters. The maximum atomic E-state index is 6.74. The Morgan fingerprint density at radius 2 is 1.71 bits per heavy atom. The molecule has 0 saturated carbocycles. The standard InChI is InChI=1S/C20H36N2OSi/c1-15(2)24(16(3)4,17(5)6)23-14-18-8-9-19-13-22(7)11-10-21-20(19)12-18/h8-9,12,15-17,21H,10-11,13-14H2,1-7H3. The number of fused-ring (bicyclic) bond motifs is 1. The SMILES string of the molecule is CC(C)[Si](OCc1ccc2c(c1)NCCN(C)C2)(C(C)C)C(C)C. The minimum atomic E-state index is -1.80. The van der Waals surface area contributed by atoms with Gasteiger partial charge in [-0.05, 0) is 40.9 Å². The van der Waals surface area contributed by atoms with E-state index in [0.717, 1.165) is 26.2 Å². The molecule has 4 heteroatoms. The molecule has 0 amide bonds. The fourth-order valence-electron chi connectivity index (χ4n) is 4.48. The van der Waals surface area contributed by atoms with E-state index in [4.69, 9.17) is 4.43 Å². The first-order chi connectivity index (χ1) is 11.3. The van der Waals surface area contributed by atoms with Crippen LogP contribution in [-0.4, -0.2) is 33.4 Å². The second-order valence-electron chi connectivity index (χ2n) is 8.26. The minimum absolute atomic E-state index is 0.630. The van der Waals surface area contributed by atoms with E-state index in [1.54, 1.807) is 0 Å². The average molecular weight is 349 g/mol. The van der Waals surface area contributed by atoms with Crippen LogP contribution < -0.4 is 5.32 Å². The first-order valence-corrected chi connectivity index (χ1v) is 11.6. The molecule has 24 heavy (non-hydrogen) atoms. The van der Waals surface area contributed by atoms with Gasteiger partial charge >= 0.3 is 0 Å². The summed E-state index contributed by atoms with van der Waals surface area (Å²) in [6, 6.07) is 6.82. The molecule has 1 N–H and O–H groups in total. The molecular formula is C20H36N2OSi. The quantitative estimate of drug-likeness (QED) is 0.712. The number of benzene rings is 1. The van der Waals surface area contributed by atoms with Gasteiger partial charge in [-0.2, -0.15) is 0 Å². The van der Waals surface area contributed by atoms with Gasteiger partial charge < -0.3 is 14.6 Å². The van der Waals surface area contributed by atoms with E-state index in [-0.39, 0.29) is 0 Å². The molecule has 0 fully saturated rings. The number of likely N-dealkylation sites (N-methyl/N-ethyl adjacent to an activating group) is 1. The number of hydrogen-bond donors (Lipinski definition) is 1. The van der Waals surface area contributed by atoms with Crippen LogP contribution in [-0.2, 0) is 17.6 Å². The Morgan fingerprint density at radius 3 is 2.29 bits per heavy atom. The number of nitrogens with one attached hydrogen (secondary N) is 1. The van der Waals surface area contributed by atoms with Gasteiger partial charge in [0.1, 0.15) is 0 Å². The predicted molar refractivity (Wildman–Crippen MR) is 107 cm³/mol. The van der Waals surface area contributed by atoms with Gasteiger partial charge in [-0.25, -0.2) is 0 Å².